The van der Waals surface area contributed by atoms with Crippen LogP contribution < -0.4 is 4.90 Å². The molecule has 0 saturated carbocycles. The van der Waals surface area contributed by atoms with Crippen molar-refractivity contribution < 1.29 is 4.90 Å². The molecule has 1 N–H and O–H groups in total. The van der Waals surface area contributed by atoms with E-state index in [-0.39, 0.29) is 0 Å². The van der Waals surface area contributed by atoms with Gasteiger partial charge in [-0.25, -0.2) is 4.98 Å². The van der Waals surface area contributed by atoms with Gasteiger partial charge in [-0.15, -0.1) is 11.3 Å². The van der Waals surface area contributed by atoms with Gasteiger partial charge in [0, 0.05) is 40.4 Å². The molecule has 0 bridgehead atoms. The van der Waals surface area contributed by atoms with E-state index in [4.69, 9.17) is 4.98 Å². The Balaban J connectivity index is 1.47. The first-order valence-corrected chi connectivity index (χ1v) is 10.4. The van der Waals surface area contributed by atoms with Crippen molar-refractivity contribution in [1.82, 2.24) is 4.98 Å². The van der Waals surface area contributed by atoms with E-state index in [2.05, 4.69) is 98.1 Å². The molecule has 1 atom stereocenters. The third-order valence-electron chi connectivity index (χ3n) is 5.29. The minimum atomic E-state index is 0.964. The van der Waals surface area contributed by atoms with Crippen LogP contribution in [0.2, 0.25) is 0 Å². The highest BCUT2D eigenvalue weighted by Crippen LogP contribution is 2.31. The third-order valence-corrected chi connectivity index (χ3v) is 6.43. The number of nitrogens with zero attached hydrogens (tertiary/aromatic N) is 1. The van der Waals surface area contributed by atoms with Crippen LogP contribution >= 0.6 is 11.3 Å². The molecular formula is C25H21N2S+. The van der Waals surface area contributed by atoms with Crippen LogP contribution in [-0.4, -0.2) is 12.0 Å². The Kier molecular flexibility index (Phi) is 4.40. The summed E-state index contributed by atoms with van der Waals surface area (Å²) in [6.07, 6.45) is 9.42. The maximum Gasteiger partial charge on any atom is 0.143 e. The predicted molar refractivity (Wildman–Crippen MR) is 120 cm³/mol. The molecule has 3 aromatic carbocycles. The van der Waals surface area contributed by atoms with Crippen molar-refractivity contribution in [2.75, 3.05) is 7.05 Å². The Hall–Kier alpha value is -3.01. The number of quaternary nitrogens is 1. The average Bonchev–Trinajstić information content (AvgIpc) is 3.03. The number of aromatic nitrogens is 1. The van der Waals surface area contributed by atoms with E-state index < -0.39 is 0 Å². The number of nitrogens with one attached hydrogen (secondary N) is 1. The average molecular weight is 382 g/mol. The molecule has 1 aliphatic rings. The van der Waals surface area contributed by atoms with Crippen LogP contribution in [0.5, 0.6) is 0 Å². The van der Waals surface area contributed by atoms with E-state index in [1.165, 1.54) is 37.5 Å². The topological polar surface area (TPSA) is 17.3 Å². The molecule has 2 nitrogen and oxygen atoms in total. The zero-order valence-corrected chi connectivity index (χ0v) is 16.5. The van der Waals surface area contributed by atoms with Crippen LogP contribution in [0, 0.1) is 0 Å². The number of fused-ring (bicyclic) bond motifs is 2. The highest BCUT2D eigenvalue weighted by molar-refractivity contribution is 7.15. The quantitative estimate of drug-likeness (QED) is 0.491. The van der Waals surface area contributed by atoms with Crippen LogP contribution in [0.1, 0.15) is 10.6 Å². The van der Waals surface area contributed by atoms with E-state index in [0.29, 0.717) is 0 Å². The van der Waals surface area contributed by atoms with E-state index in [1.807, 2.05) is 0 Å². The van der Waals surface area contributed by atoms with Gasteiger partial charge in [0.2, 0.25) is 0 Å². The smallest absolute Gasteiger partial charge is 0.143 e. The van der Waals surface area contributed by atoms with Gasteiger partial charge in [0.1, 0.15) is 16.4 Å². The van der Waals surface area contributed by atoms with Crippen molar-refractivity contribution in [3.05, 3.63) is 95.5 Å². The molecule has 0 spiro atoms. The first-order chi connectivity index (χ1) is 13.8. The summed E-state index contributed by atoms with van der Waals surface area (Å²) in [5.41, 5.74) is 4.84. The second kappa shape index (κ2) is 7.19. The minimum absolute atomic E-state index is 0.964. The maximum absolute atomic E-state index is 4.84. The Morgan fingerprint density at radius 1 is 0.893 bits per heavy atom. The summed E-state index contributed by atoms with van der Waals surface area (Å²) < 4.78 is 0. The van der Waals surface area contributed by atoms with Crippen molar-refractivity contribution in [3.63, 3.8) is 0 Å². The summed E-state index contributed by atoms with van der Waals surface area (Å²) in [6, 6.07) is 23.9. The van der Waals surface area contributed by atoms with Gasteiger partial charge in [0.15, 0.2) is 0 Å². The van der Waals surface area contributed by atoms with Gasteiger partial charge in [-0.3, -0.25) is 4.90 Å². The number of thiazole rings is 1. The number of hydrogen-bond acceptors (Lipinski definition) is 2. The standard InChI is InChI=1S/C25H20N2S/c1-27(23-12-7-9-18-8-5-6-10-21(18)23)20-16-14-19(15-17-20)25-26-22-11-3-2-4-13-24(22)28-25/h2-12,14-17H,13H2,1H3/p+1. The lowest BCUT2D eigenvalue weighted by Crippen LogP contribution is -2.98. The first kappa shape index (κ1) is 17.1. The first-order valence-electron chi connectivity index (χ1n) is 9.55. The second-order valence-corrected chi connectivity index (χ2v) is 8.13. The van der Waals surface area contributed by atoms with Crippen LogP contribution in [0.4, 0.5) is 11.4 Å². The lowest BCUT2D eigenvalue weighted by atomic mass is 10.1. The molecule has 1 aliphatic carbocycles. The molecule has 28 heavy (non-hydrogen) atoms. The van der Waals surface area contributed by atoms with Gasteiger partial charge >= 0.3 is 0 Å². The Morgan fingerprint density at radius 3 is 2.61 bits per heavy atom. The molecule has 4 aromatic rings. The van der Waals surface area contributed by atoms with Gasteiger partial charge in [-0.1, -0.05) is 48.6 Å². The summed E-state index contributed by atoms with van der Waals surface area (Å²) in [6.45, 7) is 0. The monoisotopic (exact) mass is 381 g/mol. The van der Waals surface area contributed by atoms with Gasteiger partial charge in [-0.05, 0) is 29.7 Å². The van der Waals surface area contributed by atoms with Crippen LogP contribution in [-0.2, 0) is 6.42 Å². The van der Waals surface area contributed by atoms with E-state index in [0.717, 1.165) is 17.1 Å². The zero-order chi connectivity index (χ0) is 18.9. The number of allylic oxidation sites excluding steroid dienone is 3. The molecule has 0 amide bonds. The second-order valence-electron chi connectivity index (χ2n) is 7.05. The van der Waals surface area contributed by atoms with Gasteiger partial charge in [-0.2, -0.15) is 0 Å². The fourth-order valence-corrected chi connectivity index (χ4v) is 4.76. The fraction of sp³-hybridized carbons (Fsp3) is 0.0800. The molecule has 0 saturated heterocycles. The molecule has 136 valence electrons. The van der Waals surface area contributed by atoms with Crippen LogP contribution in [0.15, 0.2) is 85.0 Å². The highest BCUT2D eigenvalue weighted by Gasteiger charge is 2.15. The van der Waals surface area contributed by atoms with Crippen molar-refractivity contribution in [2.24, 2.45) is 0 Å². The molecule has 0 fully saturated rings. The lowest BCUT2D eigenvalue weighted by Gasteiger charge is -2.15. The van der Waals surface area contributed by atoms with Crippen molar-refractivity contribution in [2.45, 2.75) is 6.42 Å². The fourth-order valence-electron chi connectivity index (χ4n) is 3.73. The summed E-state index contributed by atoms with van der Waals surface area (Å²) in [5.74, 6) is 0. The van der Waals surface area contributed by atoms with E-state index in [9.17, 15) is 0 Å². The number of benzene rings is 3. The molecule has 1 aromatic heterocycles. The minimum Gasteiger partial charge on any atom is -0.272 e. The summed E-state index contributed by atoms with van der Waals surface area (Å²) in [4.78, 5) is 7.47. The number of rotatable bonds is 3. The normalized spacial score (nSPS) is 14.0. The largest absolute Gasteiger partial charge is 0.272 e. The molecule has 1 unspecified atom stereocenters. The van der Waals surface area contributed by atoms with Crippen molar-refractivity contribution >= 4 is 39.6 Å². The molecule has 1 heterocycles. The summed E-state index contributed by atoms with van der Waals surface area (Å²) in [7, 11) is 2.21. The maximum atomic E-state index is 4.84. The Morgan fingerprint density at radius 2 is 1.71 bits per heavy atom. The number of hydrogen-bond donors (Lipinski definition) is 1. The summed E-state index contributed by atoms with van der Waals surface area (Å²) in [5, 5.41) is 3.68. The molecule has 3 heteroatoms. The molecule has 0 radical (unpaired) electrons. The molecule has 0 aliphatic heterocycles. The molecular weight excluding hydrogens is 360 g/mol. The molecule has 5 rings (SSSR count). The van der Waals surface area contributed by atoms with Crippen LogP contribution in [0.25, 0.3) is 27.4 Å². The van der Waals surface area contributed by atoms with Crippen molar-refractivity contribution in [1.29, 1.82) is 0 Å². The zero-order valence-electron chi connectivity index (χ0n) is 15.7. The van der Waals surface area contributed by atoms with Crippen LogP contribution in [0.3, 0.4) is 0 Å². The third kappa shape index (κ3) is 3.09. The highest BCUT2D eigenvalue weighted by atomic mass is 32.1. The Bertz CT molecular complexity index is 1190. The van der Waals surface area contributed by atoms with Gasteiger partial charge in [0.25, 0.3) is 0 Å². The predicted octanol–water partition coefficient (Wildman–Crippen LogP) is 5.57. The van der Waals surface area contributed by atoms with Crippen molar-refractivity contribution in [3.8, 4) is 10.6 Å². The van der Waals surface area contributed by atoms with Gasteiger partial charge in [0.05, 0.1) is 12.7 Å². The van der Waals surface area contributed by atoms with E-state index >= 15 is 0 Å². The lowest BCUT2D eigenvalue weighted by molar-refractivity contribution is -0.733. The SMILES string of the molecule is C[NH+](c1ccc(-c2nc3c(s2)CC=CC=C3)cc1)c1cccc2ccccc12. The Labute approximate surface area is 169 Å². The van der Waals surface area contributed by atoms with Gasteiger partial charge < -0.3 is 0 Å². The van der Waals surface area contributed by atoms with E-state index in [1.54, 1.807) is 11.3 Å². The summed E-state index contributed by atoms with van der Waals surface area (Å²) >= 11 is 1.79.